The van der Waals surface area contributed by atoms with Gasteiger partial charge >= 0.3 is 0 Å². The van der Waals surface area contributed by atoms with Gasteiger partial charge in [0.25, 0.3) is 0 Å². The van der Waals surface area contributed by atoms with E-state index in [-0.39, 0.29) is 6.29 Å². The van der Waals surface area contributed by atoms with Crippen LogP contribution >= 0.6 is 0 Å². The molecule has 0 amide bonds. The highest BCUT2D eigenvalue weighted by atomic mass is 28.2. The zero-order valence-corrected chi connectivity index (χ0v) is 13.2. The molecule has 0 unspecified atom stereocenters. The van der Waals surface area contributed by atoms with Gasteiger partial charge in [0.1, 0.15) is 5.94 Å². The number of carbonyl (C=O) groups excluding carboxylic acids is 1. The van der Waals surface area contributed by atoms with E-state index in [2.05, 4.69) is 0 Å². The highest BCUT2D eigenvalue weighted by Crippen LogP contribution is 1.90. The molecule has 5 heteroatoms. The van der Waals surface area contributed by atoms with Crippen molar-refractivity contribution in [2.75, 3.05) is 13.2 Å². The lowest BCUT2D eigenvalue weighted by molar-refractivity contribution is -0.123. The Morgan fingerprint density at radius 1 is 1.31 bits per heavy atom. The van der Waals surface area contributed by atoms with Crippen molar-refractivity contribution in [1.29, 1.82) is 0 Å². The number of rotatable bonds is 4. The largest absolute Gasteiger partial charge is 0.353 e. The van der Waals surface area contributed by atoms with Crippen molar-refractivity contribution in [2.45, 2.75) is 27.1 Å². The van der Waals surface area contributed by atoms with Gasteiger partial charge in [0.05, 0.1) is 0 Å². The molecule has 0 aliphatic carbocycles. The molecule has 0 aliphatic heterocycles. The fourth-order valence-corrected chi connectivity index (χ4v) is 0.518. The topological polar surface area (TPSA) is 35.5 Å². The first-order valence-electron chi connectivity index (χ1n) is 4.49. The second-order valence-corrected chi connectivity index (χ2v) is 7.58. The third kappa shape index (κ3) is 18.6. The molecular formula is C8H20O3Si2. The van der Waals surface area contributed by atoms with Crippen LogP contribution in [0.25, 0.3) is 0 Å². The molecule has 13 heavy (non-hydrogen) atoms. The van der Waals surface area contributed by atoms with E-state index >= 15 is 0 Å². The van der Waals surface area contributed by atoms with Crippen LogP contribution in [0.3, 0.4) is 0 Å². The Hall–Kier alpha value is -0.196. The van der Waals surface area contributed by atoms with Crippen molar-refractivity contribution < 1.29 is 14.3 Å². The van der Waals surface area contributed by atoms with Crippen LogP contribution in [0.5, 0.6) is 0 Å². The van der Waals surface area contributed by atoms with Crippen LogP contribution < -0.4 is 0 Å². The average molecular weight is 220 g/mol. The fraction of sp³-hybridized carbons (Fsp3) is 0.750. The molecule has 0 aromatic rings. The van der Waals surface area contributed by atoms with Gasteiger partial charge in [-0.05, 0) is 25.6 Å². The summed E-state index contributed by atoms with van der Waals surface area (Å²) >= 11 is 0. The Bertz CT molecular complexity index is 145. The summed E-state index contributed by atoms with van der Waals surface area (Å²) in [5.41, 5.74) is 0. The van der Waals surface area contributed by atoms with Crippen LogP contribution in [0, 0.1) is 0 Å². The molecule has 0 saturated heterocycles. The maximum atomic E-state index is 9.41. The van der Waals surface area contributed by atoms with Crippen molar-refractivity contribution in [2.24, 2.45) is 0 Å². The monoisotopic (exact) mass is 220 g/mol. The first kappa shape index (κ1) is 15.3. The molecule has 0 heterocycles. The molecule has 0 fully saturated rings. The lowest BCUT2D eigenvalue weighted by Gasteiger charge is -2.09. The number of hydrogen-bond donors (Lipinski definition) is 0. The first-order valence-corrected chi connectivity index (χ1v) is 6.49. The summed E-state index contributed by atoms with van der Waals surface area (Å²) < 4.78 is 10.1. The van der Waals surface area contributed by atoms with Crippen LogP contribution in [0.4, 0.5) is 0 Å². The second kappa shape index (κ2) is 11.8. The third-order valence-corrected chi connectivity index (χ3v) is 1.42. The summed E-state index contributed by atoms with van der Waals surface area (Å²) in [6.07, 6.45) is -0.0370. The summed E-state index contributed by atoms with van der Waals surface area (Å²) in [6.45, 7) is 7.25. The van der Waals surface area contributed by atoms with E-state index < -0.39 is 0 Å². The van der Waals surface area contributed by atoms with Gasteiger partial charge in [-0.3, -0.25) is 0 Å². The smallest absolute Gasteiger partial charge is 0.154 e. The van der Waals surface area contributed by atoms with Gasteiger partial charge in [0.2, 0.25) is 0 Å². The molecular weight excluding hydrogens is 200 g/mol. The van der Waals surface area contributed by atoms with Crippen molar-refractivity contribution in [1.82, 2.24) is 0 Å². The summed E-state index contributed by atoms with van der Waals surface area (Å²) in [7, 11) is 1.85. The molecule has 0 radical (unpaired) electrons. The van der Waals surface area contributed by atoms with Crippen molar-refractivity contribution in [3.63, 3.8) is 0 Å². The van der Waals surface area contributed by atoms with E-state index in [4.69, 9.17) is 9.47 Å². The van der Waals surface area contributed by atoms with Gasteiger partial charge in [-0.2, -0.15) is 0 Å². The Labute approximate surface area is 86.3 Å². The standard InChI is InChI=1S/C6H14O2.C2H6OSi2/c1-4-7-6(3)8-5-2;3-1-2(4)5/h6H,4-5H2,1-3H3;4-5H3. The molecule has 3 nitrogen and oxygen atoms in total. The Morgan fingerprint density at radius 3 is 1.77 bits per heavy atom. The molecule has 78 valence electrons. The average Bonchev–Trinajstić information content (AvgIpc) is 2.06. The number of ether oxygens (including phenoxy) is 2. The van der Waals surface area contributed by atoms with Gasteiger partial charge in [0, 0.05) is 33.7 Å². The lowest BCUT2D eigenvalue weighted by Crippen LogP contribution is -2.11. The lowest BCUT2D eigenvalue weighted by atomic mass is 10.7. The minimum atomic E-state index is -0.0370. The minimum absolute atomic E-state index is 0.0370. The molecule has 0 aromatic carbocycles. The second-order valence-electron chi connectivity index (χ2n) is 2.58. The SMILES string of the molecule is CCOC(C)OCC.O=C=C([SiH3])[SiH3]. The summed E-state index contributed by atoms with van der Waals surface area (Å²) in [6, 6.07) is 0. The van der Waals surface area contributed by atoms with E-state index in [0.29, 0.717) is 0 Å². The van der Waals surface area contributed by atoms with Crippen molar-refractivity contribution in [3.8, 4) is 0 Å². The van der Waals surface area contributed by atoms with E-state index in [0.717, 1.165) is 38.5 Å². The van der Waals surface area contributed by atoms with E-state index in [1.807, 2.05) is 26.7 Å². The maximum Gasteiger partial charge on any atom is 0.154 e. The van der Waals surface area contributed by atoms with Gasteiger partial charge in [-0.15, -0.1) is 0 Å². The summed E-state index contributed by atoms with van der Waals surface area (Å²) in [5, 5.41) is 0. The summed E-state index contributed by atoms with van der Waals surface area (Å²) in [4.78, 5) is 10.4. The van der Waals surface area contributed by atoms with Crippen molar-refractivity contribution >= 4 is 26.4 Å². The Morgan fingerprint density at radius 2 is 1.62 bits per heavy atom. The van der Waals surface area contributed by atoms with E-state index in [1.54, 1.807) is 0 Å². The predicted molar refractivity (Wildman–Crippen MR) is 61.8 cm³/mol. The van der Waals surface area contributed by atoms with Crippen LogP contribution in [0.2, 0.25) is 0 Å². The van der Waals surface area contributed by atoms with Gasteiger partial charge in [-0.1, -0.05) is 0 Å². The van der Waals surface area contributed by atoms with Crippen LogP contribution in [0.15, 0.2) is 4.82 Å². The van der Waals surface area contributed by atoms with Gasteiger partial charge in [0.15, 0.2) is 6.29 Å². The van der Waals surface area contributed by atoms with E-state index in [1.165, 1.54) is 0 Å². The van der Waals surface area contributed by atoms with Gasteiger partial charge in [-0.25, -0.2) is 4.79 Å². The predicted octanol–water partition coefficient (Wildman–Crippen LogP) is -1.20. The Kier molecular flexibility index (Phi) is 13.9. The molecule has 0 spiro atoms. The molecule has 0 aliphatic rings. The molecule has 0 N–H and O–H groups in total. The van der Waals surface area contributed by atoms with Crippen LogP contribution in [-0.2, 0) is 14.3 Å². The Balaban J connectivity index is 0. The van der Waals surface area contributed by atoms with Crippen molar-refractivity contribution in [3.05, 3.63) is 4.82 Å². The van der Waals surface area contributed by atoms with E-state index in [9.17, 15) is 4.79 Å². The summed E-state index contributed by atoms with van der Waals surface area (Å²) in [5.74, 6) is 1.82. The normalized spacial score (nSPS) is 9.23. The van der Waals surface area contributed by atoms with Gasteiger partial charge < -0.3 is 9.47 Å². The van der Waals surface area contributed by atoms with Crippen LogP contribution in [-0.4, -0.2) is 45.9 Å². The fourth-order valence-electron chi connectivity index (χ4n) is 0.518. The molecule has 0 atom stereocenters. The maximum absolute atomic E-state index is 9.41. The van der Waals surface area contributed by atoms with Crippen LogP contribution in [0.1, 0.15) is 20.8 Å². The molecule has 0 aromatic heterocycles. The molecule has 0 saturated carbocycles. The minimum Gasteiger partial charge on any atom is -0.353 e. The molecule has 0 bridgehead atoms. The number of hydrogen-bond acceptors (Lipinski definition) is 3. The zero-order chi connectivity index (χ0) is 10.7. The quantitative estimate of drug-likeness (QED) is 0.339. The molecule has 0 rings (SSSR count). The third-order valence-electron chi connectivity index (χ3n) is 1.01. The zero-order valence-electron chi connectivity index (χ0n) is 9.22. The first-order chi connectivity index (χ1) is 6.08. The highest BCUT2D eigenvalue weighted by molar-refractivity contribution is 6.51. The highest BCUT2D eigenvalue weighted by Gasteiger charge is 1.94.